The van der Waals surface area contributed by atoms with Crippen LogP contribution in [-0.2, 0) is 9.53 Å². The number of aliphatic carboxylic acids is 1. The van der Waals surface area contributed by atoms with Crippen molar-refractivity contribution in [1.82, 2.24) is 10.3 Å². The van der Waals surface area contributed by atoms with Crippen molar-refractivity contribution < 1.29 is 24.5 Å². The number of aliphatic hydroxyl groups is 1. The fourth-order valence-electron chi connectivity index (χ4n) is 1.13. The molecule has 1 aromatic rings. The van der Waals surface area contributed by atoms with Gasteiger partial charge in [-0.1, -0.05) is 18.3 Å². The van der Waals surface area contributed by atoms with Crippen LogP contribution in [-0.4, -0.2) is 45.5 Å². The van der Waals surface area contributed by atoms with Crippen molar-refractivity contribution in [2.45, 2.75) is 38.9 Å². The van der Waals surface area contributed by atoms with Gasteiger partial charge in [-0.25, -0.2) is 9.59 Å². The lowest BCUT2D eigenvalue weighted by atomic mass is 10.2. The normalized spacial score (nSPS) is 11.6. The highest BCUT2D eigenvalue weighted by atomic mass is 32.1. The number of nitrogens with one attached hydrogen (secondary N) is 2. The van der Waals surface area contributed by atoms with Gasteiger partial charge in [0.05, 0.1) is 0 Å². The molecule has 124 valence electrons. The number of aromatic amines is 1. The second-order valence-corrected chi connectivity index (χ2v) is 5.74. The summed E-state index contributed by atoms with van der Waals surface area (Å²) in [6, 6.07) is 5.64. The van der Waals surface area contributed by atoms with Gasteiger partial charge in [0.2, 0.25) is 0 Å². The number of carboxylic acid groups (broad SMARTS) is 1. The molecule has 8 heteroatoms. The van der Waals surface area contributed by atoms with Crippen molar-refractivity contribution in [3.05, 3.63) is 29.0 Å². The van der Waals surface area contributed by atoms with Gasteiger partial charge in [-0.05, 0) is 32.9 Å². The van der Waals surface area contributed by atoms with E-state index in [-0.39, 0.29) is 13.0 Å². The van der Waals surface area contributed by atoms with E-state index in [4.69, 9.17) is 27.2 Å². The van der Waals surface area contributed by atoms with Crippen LogP contribution in [0.2, 0.25) is 0 Å². The molecular weight excluding hydrogens is 308 g/mol. The molecule has 1 amide bonds. The molecule has 1 heterocycles. The van der Waals surface area contributed by atoms with Gasteiger partial charge in [-0.2, -0.15) is 0 Å². The van der Waals surface area contributed by atoms with Gasteiger partial charge < -0.3 is 25.3 Å². The van der Waals surface area contributed by atoms with Crippen LogP contribution in [0.25, 0.3) is 0 Å². The summed E-state index contributed by atoms with van der Waals surface area (Å²) in [7, 11) is 0. The quantitative estimate of drug-likeness (QED) is 0.629. The lowest BCUT2D eigenvalue weighted by Gasteiger charge is -2.19. The van der Waals surface area contributed by atoms with Gasteiger partial charge in [0.1, 0.15) is 10.2 Å². The van der Waals surface area contributed by atoms with Crippen LogP contribution in [0.1, 0.15) is 27.2 Å². The second kappa shape index (κ2) is 9.91. The SMILES string of the molecule is CC(C)(C)OC(=O)NCC[C@H](O)C(=O)O.S=c1cccc[nH]1. The lowest BCUT2D eigenvalue weighted by Crippen LogP contribution is -2.35. The molecule has 4 N–H and O–H groups in total. The topological polar surface area (TPSA) is 112 Å². The van der Waals surface area contributed by atoms with Crippen molar-refractivity contribution >= 4 is 24.3 Å². The Bertz CT molecular complexity index is 507. The number of aromatic nitrogens is 1. The molecule has 22 heavy (non-hydrogen) atoms. The van der Waals surface area contributed by atoms with Crippen molar-refractivity contribution in [2.24, 2.45) is 0 Å². The molecule has 1 atom stereocenters. The van der Waals surface area contributed by atoms with E-state index in [1.54, 1.807) is 20.8 Å². The highest BCUT2D eigenvalue weighted by molar-refractivity contribution is 7.71. The van der Waals surface area contributed by atoms with E-state index in [0.29, 0.717) is 0 Å². The summed E-state index contributed by atoms with van der Waals surface area (Å²) in [5.41, 5.74) is -0.588. The fourth-order valence-corrected chi connectivity index (χ4v) is 1.27. The molecule has 0 aromatic carbocycles. The minimum absolute atomic E-state index is 0.0470. The number of H-pyrrole nitrogens is 1. The number of rotatable bonds is 4. The first-order valence-electron chi connectivity index (χ1n) is 6.63. The first kappa shape index (κ1) is 20.1. The molecule has 7 nitrogen and oxygen atoms in total. The third kappa shape index (κ3) is 11.9. The zero-order chi connectivity index (χ0) is 17.2. The minimum atomic E-state index is -1.46. The van der Waals surface area contributed by atoms with Crippen molar-refractivity contribution in [2.75, 3.05) is 6.54 Å². The average Bonchev–Trinajstić information content (AvgIpc) is 2.38. The number of carbonyl (C=O) groups excluding carboxylic acids is 1. The zero-order valence-electron chi connectivity index (χ0n) is 12.8. The third-order valence-electron chi connectivity index (χ3n) is 2.05. The minimum Gasteiger partial charge on any atom is -0.479 e. The molecule has 0 unspecified atom stereocenters. The lowest BCUT2D eigenvalue weighted by molar-refractivity contribution is -0.146. The van der Waals surface area contributed by atoms with Gasteiger partial charge in [0, 0.05) is 19.2 Å². The van der Waals surface area contributed by atoms with Crippen LogP contribution in [0.3, 0.4) is 0 Å². The van der Waals surface area contributed by atoms with E-state index in [0.717, 1.165) is 4.64 Å². The Labute approximate surface area is 134 Å². The summed E-state index contributed by atoms with van der Waals surface area (Å²) in [6.45, 7) is 5.22. The Kier molecular flexibility index (Phi) is 9.04. The largest absolute Gasteiger partial charge is 0.479 e. The summed E-state index contributed by atoms with van der Waals surface area (Å²) < 4.78 is 5.68. The zero-order valence-corrected chi connectivity index (χ0v) is 13.6. The molecule has 0 saturated heterocycles. The van der Waals surface area contributed by atoms with Crippen LogP contribution in [0, 0.1) is 4.64 Å². The summed E-state index contributed by atoms with van der Waals surface area (Å²) in [6.07, 6.45) is -0.322. The molecule has 0 bridgehead atoms. The Morgan fingerprint density at radius 2 is 2.05 bits per heavy atom. The smallest absolute Gasteiger partial charge is 0.407 e. The van der Waals surface area contributed by atoms with E-state index in [1.165, 1.54) is 0 Å². The van der Waals surface area contributed by atoms with Gasteiger partial charge in [-0.3, -0.25) is 0 Å². The van der Waals surface area contributed by atoms with Crippen LogP contribution in [0.15, 0.2) is 24.4 Å². The summed E-state index contributed by atoms with van der Waals surface area (Å²) in [5, 5.41) is 19.6. The molecule has 1 rings (SSSR count). The van der Waals surface area contributed by atoms with Gasteiger partial charge in [0.15, 0.2) is 6.10 Å². The van der Waals surface area contributed by atoms with Gasteiger partial charge in [0.25, 0.3) is 0 Å². The Hall–Kier alpha value is -1.93. The molecule has 1 aromatic heterocycles. The molecule has 0 aliphatic rings. The van der Waals surface area contributed by atoms with Crippen LogP contribution >= 0.6 is 12.2 Å². The fraction of sp³-hybridized carbons (Fsp3) is 0.500. The molecule has 0 radical (unpaired) electrons. The van der Waals surface area contributed by atoms with E-state index < -0.39 is 23.8 Å². The summed E-state index contributed by atoms with van der Waals surface area (Å²) >= 11 is 4.76. The molecule has 0 fully saturated rings. The number of aliphatic hydroxyl groups excluding tert-OH is 1. The number of carbonyl (C=O) groups is 2. The number of pyridine rings is 1. The predicted molar refractivity (Wildman–Crippen MR) is 84.1 cm³/mol. The van der Waals surface area contributed by atoms with Crippen molar-refractivity contribution in [1.29, 1.82) is 0 Å². The number of amides is 1. The maximum atomic E-state index is 11.0. The number of alkyl carbamates (subject to hydrolysis) is 1. The molecule has 0 aliphatic carbocycles. The molecule has 0 saturated carbocycles. The van der Waals surface area contributed by atoms with Crippen LogP contribution in [0.4, 0.5) is 4.79 Å². The first-order valence-corrected chi connectivity index (χ1v) is 7.04. The first-order chi connectivity index (χ1) is 10.1. The monoisotopic (exact) mass is 330 g/mol. The Morgan fingerprint density at radius 3 is 2.41 bits per heavy atom. The highest BCUT2D eigenvalue weighted by Crippen LogP contribution is 2.06. The second-order valence-electron chi connectivity index (χ2n) is 5.30. The highest BCUT2D eigenvalue weighted by Gasteiger charge is 2.17. The van der Waals surface area contributed by atoms with E-state index in [2.05, 4.69) is 10.3 Å². The molecule has 0 aliphatic heterocycles. The number of hydrogen-bond donors (Lipinski definition) is 4. The van der Waals surface area contributed by atoms with Crippen molar-refractivity contribution in [3.63, 3.8) is 0 Å². The van der Waals surface area contributed by atoms with Gasteiger partial charge >= 0.3 is 12.1 Å². The average molecular weight is 330 g/mol. The number of carboxylic acids is 1. The van der Waals surface area contributed by atoms with Crippen molar-refractivity contribution in [3.8, 4) is 0 Å². The number of ether oxygens (including phenoxy) is 1. The van der Waals surface area contributed by atoms with E-state index in [9.17, 15) is 9.59 Å². The maximum Gasteiger partial charge on any atom is 0.407 e. The Morgan fingerprint density at radius 1 is 1.41 bits per heavy atom. The Balaban J connectivity index is 0.000000518. The number of hydrogen-bond acceptors (Lipinski definition) is 5. The van der Waals surface area contributed by atoms with Crippen LogP contribution in [0.5, 0.6) is 0 Å². The standard InChI is InChI=1S/C9H17NO5.C5H5NS/c1-9(2,3)15-8(14)10-5-4-6(11)7(12)13;7-5-3-1-2-4-6-5/h6,11H,4-5H2,1-3H3,(H,10,14)(H,12,13);1-4H,(H,6,7)/t6-;/m0./s1. The van der Waals surface area contributed by atoms with Gasteiger partial charge in [-0.15, -0.1) is 0 Å². The third-order valence-corrected chi connectivity index (χ3v) is 2.31. The van der Waals surface area contributed by atoms with E-state index in [1.807, 2.05) is 24.4 Å². The maximum absolute atomic E-state index is 11.0. The predicted octanol–water partition coefficient (Wildman–Crippen LogP) is 2.09. The molecule has 0 spiro atoms. The summed E-state index contributed by atoms with van der Waals surface area (Å²) in [4.78, 5) is 24.1. The molecular formula is C14H22N2O5S. The van der Waals surface area contributed by atoms with E-state index >= 15 is 0 Å². The van der Waals surface area contributed by atoms with Crippen LogP contribution < -0.4 is 5.32 Å². The summed E-state index contributed by atoms with van der Waals surface area (Å²) in [5.74, 6) is -1.30.